The summed E-state index contributed by atoms with van der Waals surface area (Å²) in [5.41, 5.74) is 0.823. The number of rotatable bonds is 4. The first-order valence-electron chi connectivity index (χ1n) is 7.09. The summed E-state index contributed by atoms with van der Waals surface area (Å²) in [4.78, 5) is 0.0245. The highest BCUT2D eigenvalue weighted by Gasteiger charge is 2.28. The van der Waals surface area contributed by atoms with Gasteiger partial charge in [0.1, 0.15) is 16.4 Å². The molecule has 1 heterocycles. The molecule has 0 radical (unpaired) electrons. The number of halogens is 1. The number of para-hydroxylation sites is 1. The van der Waals surface area contributed by atoms with Crippen molar-refractivity contribution in [2.24, 2.45) is 0 Å². The van der Waals surface area contributed by atoms with E-state index in [-0.39, 0.29) is 16.7 Å². The van der Waals surface area contributed by atoms with Crippen molar-refractivity contribution >= 4 is 21.6 Å². The lowest BCUT2D eigenvalue weighted by Gasteiger charge is -2.26. The van der Waals surface area contributed by atoms with Gasteiger partial charge in [-0.05, 0) is 24.3 Å². The quantitative estimate of drug-likeness (QED) is 0.917. The SMILES string of the molecule is COc1ccc(Cl)cc1S(=O)(=O)NC1CCOc2ccccc21. The highest BCUT2D eigenvalue weighted by atomic mass is 35.5. The molecule has 7 heteroatoms. The van der Waals surface area contributed by atoms with Crippen LogP contribution >= 0.6 is 11.6 Å². The Morgan fingerprint density at radius 2 is 2.04 bits per heavy atom. The lowest BCUT2D eigenvalue weighted by atomic mass is 10.0. The van der Waals surface area contributed by atoms with Crippen molar-refractivity contribution in [1.82, 2.24) is 4.72 Å². The van der Waals surface area contributed by atoms with Crippen molar-refractivity contribution in [3.63, 3.8) is 0 Å². The summed E-state index contributed by atoms with van der Waals surface area (Å²) in [6.07, 6.45) is 0.555. The molecule has 2 aromatic carbocycles. The van der Waals surface area contributed by atoms with Gasteiger partial charge < -0.3 is 9.47 Å². The van der Waals surface area contributed by atoms with Crippen LogP contribution in [0.25, 0.3) is 0 Å². The molecule has 2 aromatic rings. The Hall–Kier alpha value is -1.76. The van der Waals surface area contributed by atoms with Crippen LogP contribution in [0.1, 0.15) is 18.0 Å². The van der Waals surface area contributed by atoms with E-state index in [1.165, 1.54) is 19.2 Å². The number of hydrogen-bond donors (Lipinski definition) is 1. The first kappa shape index (κ1) is 16.1. The zero-order valence-electron chi connectivity index (χ0n) is 12.5. The fourth-order valence-corrected chi connectivity index (χ4v) is 4.26. The number of benzene rings is 2. The molecule has 0 saturated heterocycles. The first-order valence-corrected chi connectivity index (χ1v) is 8.95. The highest BCUT2D eigenvalue weighted by molar-refractivity contribution is 7.89. The maximum absolute atomic E-state index is 12.8. The van der Waals surface area contributed by atoms with Gasteiger partial charge in [-0.3, -0.25) is 0 Å². The van der Waals surface area contributed by atoms with Gasteiger partial charge in [0.2, 0.25) is 10.0 Å². The summed E-state index contributed by atoms with van der Waals surface area (Å²) in [5.74, 6) is 0.951. The maximum atomic E-state index is 12.8. The maximum Gasteiger partial charge on any atom is 0.244 e. The Morgan fingerprint density at radius 1 is 1.26 bits per heavy atom. The van der Waals surface area contributed by atoms with E-state index in [1.807, 2.05) is 24.3 Å². The van der Waals surface area contributed by atoms with Gasteiger partial charge in [-0.25, -0.2) is 13.1 Å². The average molecular weight is 354 g/mol. The molecule has 5 nitrogen and oxygen atoms in total. The fourth-order valence-electron chi connectivity index (χ4n) is 2.58. The van der Waals surface area contributed by atoms with E-state index in [1.54, 1.807) is 6.07 Å². The van der Waals surface area contributed by atoms with E-state index < -0.39 is 10.0 Å². The summed E-state index contributed by atoms with van der Waals surface area (Å²) in [5, 5.41) is 0.332. The number of fused-ring (bicyclic) bond motifs is 1. The Bertz CT molecular complexity index is 823. The third-order valence-corrected chi connectivity index (χ3v) is 5.40. The zero-order valence-corrected chi connectivity index (χ0v) is 14.0. The van der Waals surface area contributed by atoms with E-state index in [9.17, 15) is 8.42 Å². The minimum atomic E-state index is -3.78. The second-order valence-electron chi connectivity index (χ2n) is 5.14. The van der Waals surface area contributed by atoms with E-state index in [2.05, 4.69) is 4.72 Å². The van der Waals surface area contributed by atoms with Crippen molar-refractivity contribution in [2.45, 2.75) is 17.4 Å². The van der Waals surface area contributed by atoms with Crippen molar-refractivity contribution in [3.8, 4) is 11.5 Å². The van der Waals surface area contributed by atoms with E-state index >= 15 is 0 Å². The molecule has 0 bridgehead atoms. The molecule has 23 heavy (non-hydrogen) atoms. The van der Waals surface area contributed by atoms with Crippen LogP contribution in [0.3, 0.4) is 0 Å². The van der Waals surface area contributed by atoms with Crippen LogP contribution in [0.15, 0.2) is 47.4 Å². The van der Waals surface area contributed by atoms with Gasteiger partial charge in [-0.2, -0.15) is 0 Å². The van der Waals surface area contributed by atoms with E-state index in [4.69, 9.17) is 21.1 Å². The molecule has 1 atom stereocenters. The number of sulfonamides is 1. The Balaban J connectivity index is 1.96. The average Bonchev–Trinajstić information content (AvgIpc) is 2.55. The Morgan fingerprint density at radius 3 is 2.83 bits per heavy atom. The van der Waals surface area contributed by atoms with Gasteiger partial charge in [0.25, 0.3) is 0 Å². The number of ether oxygens (including phenoxy) is 2. The fraction of sp³-hybridized carbons (Fsp3) is 0.250. The number of methoxy groups -OCH3 is 1. The molecule has 0 aromatic heterocycles. The minimum Gasteiger partial charge on any atom is -0.495 e. The van der Waals surface area contributed by atoms with Gasteiger partial charge in [0, 0.05) is 17.0 Å². The molecule has 1 aliphatic heterocycles. The summed E-state index contributed by atoms with van der Waals surface area (Å²) in [6, 6.07) is 11.6. The standard InChI is InChI=1S/C16H16ClNO4S/c1-21-15-7-6-11(17)10-16(15)23(19,20)18-13-8-9-22-14-5-3-2-4-12(13)14/h2-7,10,13,18H,8-9H2,1H3. The van der Waals surface area contributed by atoms with Gasteiger partial charge in [0.05, 0.1) is 19.8 Å². The Labute approximate surface area is 140 Å². The molecule has 1 N–H and O–H groups in total. The van der Waals surface area contributed by atoms with Crippen LogP contribution < -0.4 is 14.2 Å². The van der Waals surface area contributed by atoms with Crippen LogP contribution in [0, 0.1) is 0 Å². The van der Waals surface area contributed by atoms with Crippen molar-refractivity contribution in [1.29, 1.82) is 0 Å². The molecule has 122 valence electrons. The molecule has 0 amide bonds. The zero-order chi connectivity index (χ0) is 16.4. The van der Waals surface area contributed by atoms with Crippen LogP contribution in [0.2, 0.25) is 5.02 Å². The van der Waals surface area contributed by atoms with Crippen molar-refractivity contribution in [3.05, 3.63) is 53.1 Å². The number of hydrogen-bond acceptors (Lipinski definition) is 4. The monoisotopic (exact) mass is 353 g/mol. The molecule has 1 unspecified atom stereocenters. The predicted molar refractivity (Wildman–Crippen MR) is 87.6 cm³/mol. The topological polar surface area (TPSA) is 64.6 Å². The summed E-state index contributed by atoms with van der Waals surface area (Å²) < 4.78 is 38.9. The predicted octanol–water partition coefficient (Wildman–Crippen LogP) is 3.15. The summed E-state index contributed by atoms with van der Waals surface area (Å²) in [7, 11) is -2.36. The van der Waals surface area contributed by atoms with Crippen LogP contribution in [0.5, 0.6) is 11.5 Å². The van der Waals surface area contributed by atoms with Gasteiger partial charge in [-0.1, -0.05) is 29.8 Å². The molecule has 0 fully saturated rings. The van der Waals surface area contributed by atoms with Gasteiger partial charge >= 0.3 is 0 Å². The molecule has 1 aliphatic rings. The summed E-state index contributed by atoms with van der Waals surface area (Å²) >= 11 is 5.94. The van der Waals surface area contributed by atoms with Crippen molar-refractivity contribution < 1.29 is 17.9 Å². The lowest BCUT2D eigenvalue weighted by molar-refractivity contribution is 0.263. The lowest BCUT2D eigenvalue weighted by Crippen LogP contribution is -2.32. The van der Waals surface area contributed by atoms with Crippen LogP contribution in [-0.4, -0.2) is 22.1 Å². The molecular formula is C16H16ClNO4S. The van der Waals surface area contributed by atoms with Crippen LogP contribution in [0.4, 0.5) is 0 Å². The van der Waals surface area contributed by atoms with Crippen LogP contribution in [-0.2, 0) is 10.0 Å². The molecule has 0 spiro atoms. The molecule has 0 saturated carbocycles. The van der Waals surface area contributed by atoms with E-state index in [0.29, 0.717) is 23.8 Å². The molecular weight excluding hydrogens is 338 g/mol. The third kappa shape index (κ3) is 3.29. The smallest absolute Gasteiger partial charge is 0.244 e. The highest BCUT2D eigenvalue weighted by Crippen LogP contribution is 2.34. The minimum absolute atomic E-state index is 0.0245. The first-order chi connectivity index (χ1) is 11.0. The Kier molecular flexibility index (Phi) is 4.48. The van der Waals surface area contributed by atoms with E-state index in [0.717, 1.165) is 5.56 Å². The third-order valence-electron chi connectivity index (χ3n) is 3.67. The second-order valence-corrected chi connectivity index (χ2v) is 7.26. The largest absolute Gasteiger partial charge is 0.495 e. The second kappa shape index (κ2) is 6.39. The van der Waals surface area contributed by atoms with Gasteiger partial charge in [-0.15, -0.1) is 0 Å². The van der Waals surface area contributed by atoms with Gasteiger partial charge in [0.15, 0.2) is 0 Å². The van der Waals surface area contributed by atoms with Crippen molar-refractivity contribution in [2.75, 3.05) is 13.7 Å². The normalized spacial score (nSPS) is 17.2. The number of nitrogens with one attached hydrogen (secondary N) is 1. The molecule has 3 rings (SSSR count). The summed E-state index contributed by atoms with van der Waals surface area (Å²) in [6.45, 7) is 0.455. The molecule has 0 aliphatic carbocycles.